The van der Waals surface area contributed by atoms with Crippen LogP contribution in [0.5, 0.6) is 0 Å². The number of carbonyl (C=O) groups excluding carboxylic acids is 1. The highest BCUT2D eigenvalue weighted by Gasteiger charge is 2.74. The molecule has 4 fully saturated rings. The minimum Gasteiger partial charge on any atom is -0.632 e. The molecular formula is C21H22N2O3. The molecule has 1 aromatic carbocycles. The first kappa shape index (κ1) is 14.4. The molecular weight excluding hydrogens is 328 g/mol. The van der Waals surface area contributed by atoms with E-state index < -0.39 is 0 Å². The Balaban J connectivity index is 1.56. The summed E-state index contributed by atoms with van der Waals surface area (Å²) in [6, 6.07) is 8.58. The third-order valence-corrected chi connectivity index (χ3v) is 8.50. The molecule has 1 amide bonds. The Labute approximate surface area is 152 Å². The lowest BCUT2D eigenvalue weighted by molar-refractivity contribution is -0.896. The second-order valence-electron chi connectivity index (χ2n) is 9.14. The zero-order valence-corrected chi connectivity index (χ0v) is 14.6. The van der Waals surface area contributed by atoms with Gasteiger partial charge < -0.3 is 19.5 Å². The third kappa shape index (κ3) is 1.33. The molecule has 1 spiro atoms. The number of hydroxylamine groups is 3. The number of hydrogen-bond donors (Lipinski definition) is 0. The maximum absolute atomic E-state index is 13.9. The number of carbonyl (C=O) groups is 1. The molecule has 134 valence electrons. The fourth-order valence-electron chi connectivity index (χ4n) is 7.77. The van der Waals surface area contributed by atoms with Crippen molar-refractivity contribution in [3.8, 4) is 0 Å². The molecule has 1 saturated carbocycles. The third-order valence-electron chi connectivity index (χ3n) is 8.50. The van der Waals surface area contributed by atoms with Crippen molar-refractivity contribution >= 4 is 11.6 Å². The number of fused-ring (bicyclic) bond motifs is 2. The van der Waals surface area contributed by atoms with E-state index in [9.17, 15) is 10.0 Å². The zero-order valence-electron chi connectivity index (χ0n) is 14.6. The summed E-state index contributed by atoms with van der Waals surface area (Å²) in [7, 11) is 0. The molecule has 7 rings (SSSR count). The van der Waals surface area contributed by atoms with Crippen LogP contribution in [-0.4, -0.2) is 48.4 Å². The van der Waals surface area contributed by atoms with Gasteiger partial charge in [0.05, 0.1) is 37.1 Å². The molecule has 3 saturated heterocycles. The predicted octanol–water partition coefficient (Wildman–Crippen LogP) is 2.11. The highest BCUT2D eigenvalue weighted by Crippen LogP contribution is 2.67. The summed E-state index contributed by atoms with van der Waals surface area (Å²) in [6.45, 7) is 1.87. The smallest absolute Gasteiger partial charge is 0.229 e. The summed E-state index contributed by atoms with van der Waals surface area (Å²) in [6.07, 6.45) is 4.51. The van der Waals surface area contributed by atoms with Gasteiger partial charge in [0.1, 0.15) is 12.6 Å². The highest BCUT2D eigenvalue weighted by molar-refractivity contribution is 5.99. The summed E-state index contributed by atoms with van der Waals surface area (Å²) in [5.74, 6) is 0.922. The first-order chi connectivity index (χ1) is 12.6. The average Bonchev–Trinajstić information content (AvgIpc) is 3.05. The summed E-state index contributed by atoms with van der Waals surface area (Å²) in [5.41, 5.74) is 3.46. The van der Waals surface area contributed by atoms with Gasteiger partial charge in [-0.05, 0) is 23.1 Å². The number of anilines is 1. The van der Waals surface area contributed by atoms with Crippen LogP contribution in [0.25, 0.3) is 0 Å². The van der Waals surface area contributed by atoms with Crippen molar-refractivity contribution in [1.82, 2.24) is 0 Å². The normalized spacial score (nSPS) is 49.6. The van der Waals surface area contributed by atoms with Gasteiger partial charge in [-0.25, -0.2) is 0 Å². The molecule has 26 heavy (non-hydrogen) atoms. The van der Waals surface area contributed by atoms with Crippen LogP contribution in [0.3, 0.4) is 0 Å². The molecule has 1 aliphatic carbocycles. The van der Waals surface area contributed by atoms with E-state index in [1.54, 1.807) is 0 Å². The van der Waals surface area contributed by atoms with E-state index in [2.05, 4.69) is 29.2 Å². The van der Waals surface area contributed by atoms with Crippen molar-refractivity contribution in [1.29, 1.82) is 0 Å². The van der Waals surface area contributed by atoms with Crippen LogP contribution in [0.4, 0.5) is 5.69 Å². The molecule has 6 aliphatic rings. The van der Waals surface area contributed by atoms with Crippen molar-refractivity contribution in [2.45, 2.75) is 42.9 Å². The van der Waals surface area contributed by atoms with E-state index in [0.717, 1.165) is 18.5 Å². The van der Waals surface area contributed by atoms with Crippen LogP contribution in [0.2, 0.25) is 0 Å². The van der Waals surface area contributed by atoms with Crippen molar-refractivity contribution in [2.24, 2.45) is 11.8 Å². The van der Waals surface area contributed by atoms with E-state index in [-0.39, 0.29) is 34.2 Å². The Hall–Kier alpha value is -1.69. The summed E-state index contributed by atoms with van der Waals surface area (Å²) in [5, 5.41) is 13.9. The number of rotatable bonds is 0. The number of quaternary nitrogens is 1. The maximum Gasteiger partial charge on any atom is 0.229 e. The summed E-state index contributed by atoms with van der Waals surface area (Å²) in [4.78, 5) is 15.3. The summed E-state index contributed by atoms with van der Waals surface area (Å²) < 4.78 is 6.10. The van der Waals surface area contributed by atoms with Crippen LogP contribution in [0.1, 0.15) is 24.8 Å². The van der Waals surface area contributed by atoms with Gasteiger partial charge in [0, 0.05) is 24.4 Å². The second-order valence-corrected chi connectivity index (χ2v) is 9.14. The van der Waals surface area contributed by atoms with Gasteiger partial charge in [0.25, 0.3) is 0 Å². The lowest BCUT2D eigenvalue weighted by Gasteiger charge is -2.61. The molecule has 0 aromatic heterocycles. The van der Waals surface area contributed by atoms with Gasteiger partial charge in [-0.2, -0.15) is 0 Å². The van der Waals surface area contributed by atoms with E-state index in [1.165, 1.54) is 11.1 Å². The largest absolute Gasteiger partial charge is 0.632 e. The van der Waals surface area contributed by atoms with Gasteiger partial charge in [0.15, 0.2) is 0 Å². The Morgan fingerprint density at radius 1 is 1.31 bits per heavy atom. The number of hydrogen-bond acceptors (Lipinski definition) is 3. The predicted molar refractivity (Wildman–Crippen MR) is 95.2 cm³/mol. The molecule has 0 radical (unpaired) electrons. The Bertz CT molecular complexity index is 897. The Kier molecular flexibility index (Phi) is 2.34. The van der Waals surface area contributed by atoms with Crippen molar-refractivity contribution < 1.29 is 14.2 Å². The molecule has 5 aliphatic heterocycles. The maximum atomic E-state index is 13.9. The molecule has 0 unspecified atom stereocenters. The average molecular weight is 350 g/mol. The monoisotopic (exact) mass is 350 g/mol. The van der Waals surface area contributed by atoms with Crippen LogP contribution in [-0.2, 0) is 14.9 Å². The number of nitrogens with zero attached hydrogens (tertiary/aromatic N) is 2. The van der Waals surface area contributed by atoms with Crippen LogP contribution in [0.15, 0.2) is 35.9 Å². The van der Waals surface area contributed by atoms with Crippen molar-refractivity contribution in [2.75, 3.05) is 24.6 Å². The summed E-state index contributed by atoms with van der Waals surface area (Å²) >= 11 is 0. The van der Waals surface area contributed by atoms with E-state index >= 15 is 0 Å². The number of benzene rings is 1. The Morgan fingerprint density at radius 2 is 2.19 bits per heavy atom. The highest BCUT2D eigenvalue weighted by atomic mass is 16.6. The quantitative estimate of drug-likeness (QED) is 0.409. The topological polar surface area (TPSA) is 52.6 Å². The molecule has 5 heterocycles. The Morgan fingerprint density at radius 3 is 3.12 bits per heavy atom. The first-order valence-corrected chi connectivity index (χ1v) is 9.93. The van der Waals surface area contributed by atoms with Gasteiger partial charge in [-0.3, -0.25) is 4.79 Å². The molecule has 5 heteroatoms. The molecule has 1 aromatic rings. The number of ether oxygens (including phenoxy) is 1. The minimum atomic E-state index is -0.174. The lowest BCUT2D eigenvalue weighted by atomic mass is 9.53. The van der Waals surface area contributed by atoms with Crippen molar-refractivity contribution in [3.05, 3.63) is 46.7 Å². The SMILES string of the molecule is O=C1C[C@@H]2OCC=C3C[N@+]4([O-])CC[C@]56c7ccccc7N1[C@H]5[C@H]2[C@H]3C[C@H]64. The van der Waals surface area contributed by atoms with Gasteiger partial charge in [-0.15, -0.1) is 0 Å². The fraction of sp³-hybridized carbons (Fsp3) is 0.571. The minimum absolute atomic E-state index is 0.00175. The van der Waals surface area contributed by atoms with Crippen LogP contribution < -0.4 is 4.90 Å². The fourth-order valence-corrected chi connectivity index (χ4v) is 7.77. The number of piperidine rings is 2. The van der Waals surface area contributed by atoms with E-state index in [0.29, 0.717) is 38.0 Å². The standard InChI is InChI=1S/C21H22N2O3/c24-18-10-16-19-13-9-17-21(6-7-23(17,25)11-12(13)5-8-26-16)14-3-1-2-4-15(14)22(18)20(19)21/h1-5,13,16-17,19-20H,6-11H2/t13-,16-,17+,19-,20-,21+,23+/m0/s1. The number of para-hydroxylation sites is 1. The van der Waals surface area contributed by atoms with Gasteiger partial charge >= 0.3 is 0 Å². The molecule has 5 nitrogen and oxygen atoms in total. The van der Waals surface area contributed by atoms with Crippen LogP contribution >= 0.6 is 0 Å². The van der Waals surface area contributed by atoms with Crippen molar-refractivity contribution in [3.63, 3.8) is 0 Å². The lowest BCUT2D eigenvalue weighted by Crippen LogP contribution is -2.71. The van der Waals surface area contributed by atoms with E-state index in [1.807, 2.05) is 6.07 Å². The van der Waals surface area contributed by atoms with Crippen LogP contribution in [0, 0.1) is 17.0 Å². The van der Waals surface area contributed by atoms with Gasteiger partial charge in [0.2, 0.25) is 5.91 Å². The first-order valence-electron chi connectivity index (χ1n) is 9.93. The zero-order chi connectivity index (χ0) is 17.3. The molecule has 0 N–H and O–H groups in total. The van der Waals surface area contributed by atoms with Gasteiger partial charge in [-0.1, -0.05) is 24.3 Å². The van der Waals surface area contributed by atoms with E-state index in [4.69, 9.17) is 4.74 Å². The molecule has 2 bridgehead atoms. The second kappa shape index (κ2) is 4.24. The molecule has 7 atom stereocenters. The number of amides is 1.